The molecule has 1 aliphatic heterocycles. The van der Waals surface area contributed by atoms with Crippen molar-refractivity contribution >= 4 is 17.3 Å². The van der Waals surface area contributed by atoms with E-state index < -0.39 is 0 Å². The second kappa shape index (κ2) is 8.62. The maximum Gasteiger partial charge on any atom is 0.163 e. The van der Waals surface area contributed by atoms with Crippen LogP contribution in [0.3, 0.4) is 0 Å². The van der Waals surface area contributed by atoms with Crippen LogP contribution in [-0.2, 0) is 6.42 Å². The molecule has 4 rings (SSSR count). The summed E-state index contributed by atoms with van der Waals surface area (Å²) in [4.78, 5) is 14.3. The lowest BCUT2D eigenvalue weighted by molar-refractivity contribution is 0.405. The molecule has 0 saturated heterocycles. The maximum atomic E-state index is 4.96. The minimum absolute atomic E-state index is 0.368. The Hall–Kier alpha value is -2.92. The van der Waals surface area contributed by atoms with Gasteiger partial charge in [-0.05, 0) is 52.0 Å². The van der Waals surface area contributed by atoms with E-state index in [9.17, 15) is 0 Å². The summed E-state index contributed by atoms with van der Waals surface area (Å²) in [6.45, 7) is 4.19. The van der Waals surface area contributed by atoms with Crippen LogP contribution in [0.5, 0.6) is 0 Å². The van der Waals surface area contributed by atoms with Crippen LogP contribution < -0.4 is 10.2 Å². The topological polar surface area (TPSA) is 44.3 Å². The van der Waals surface area contributed by atoms with Gasteiger partial charge in [-0.1, -0.05) is 48.5 Å². The molecule has 0 amide bonds. The molecule has 29 heavy (non-hydrogen) atoms. The van der Waals surface area contributed by atoms with Crippen LogP contribution in [0.15, 0.2) is 60.7 Å². The lowest BCUT2D eigenvalue weighted by Gasteiger charge is -2.25. The summed E-state index contributed by atoms with van der Waals surface area (Å²) < 4.78 is 0. The third-order valence-electron chi connectivity index (χ3n) is 5.29. The lowest BCUT2D eigenvalue weighted by Crippen LogP contribution is -2.25. The molecule has 1 aliphatic rings. The molecular weight excluding hydrogens is 358 g/mol. The van der Waals surface area contributed by atoms with Gasteiger partial charge in [-0.25, -0.2) is 9.97 Å². The van der Waals surface area contributed by atoms with Crippen molar-refractivity contribution in [3.8, 4) is 11.4 Å². The fourth-order valence-electron chi connectivity index (χ4n) is 3.89. The highest BCUT2D eigenvalue weighted by Gasteiger charge is 2.28. The monoisotopic (exact) mass is 387 g/mol. The normalized spacial score (nSPS) is 15.6. The van der Waals surface area contributed by atoms with Gasteiger partial charge in [0.05, 0.1) is 0 Å². The summed E-state index contributed by atoms with van der Waals surface area (Å²) in [5.41, 5.74) is 3.66. The van der Waals surface area contributed by atoms with Gasteiger partial charge in [0, 0.05) is 29.9 Å². The van der Waals surface area contributed by atoms with E-state index in [1.165, 1.54) is 11.3 Å². The number of anilines is 3. The molecule has 0 fully saturated rings. The van der Waals surface area contributed by atoms with E-state index in [4.69, 9.17) is 9.97 Å². The highest BCUT2D eigenvalue weighted by molar-refractivity contribution is 5.72. The number of aromatic nitrogens is 2. The Morgan fingerprint density at radius 3 is 2.59 bits per heavy atom. The Morgan fingerprint density at radius 1 is 1.03 bits per heavy atom. The Balaban J connectivity index is 1.68. The third-order valence-corrected chi connectivity index (χ3v) is 5.29. The Labute approximate surface area is 173 Å². The number of para-hydroxylation sites is 1. The molecule has 0 aliphatic carbocycles. The first-order valence-electron chi connectivity index (χ1n) is 10.3. The quantitative estimate of drug-likeness (QED) is 0.601. The summed E-state index contributed by atoms with van der Waals surface area (Å²) in [6, 6.07) is 21.3. The van der Waals surface area contributed by atoms with Crippen LogP contribution in [0.2, 0.25) is 0 Å². The average molecular weight is 388 g/mol. The van der Waals surface area contributed by atoms with Crippen molar-refractivity contribution in [2.24, 2.45) is 0 Å². The smallest absolute Gasteiger partial charge is 0.163 e. The van der Waals surface area contributed by atoms with Crippen LogP contribution >= 0.6 is 0 Å². The number of rotatable bonds is 7. The standard InChI is InChI=1S/C24H29N5/c1-18-16-20-12-7-8-13-21(20)29(18)23-17-22(25-14-9-15-28(2)3)26-24(27-23)19-10-5-4-6-11-19/h4-8,10-13,17-18H,9,14-16H2,1-3H3,(H,25,26,27). The van der Waals surface area contributed by atoms with Crippen molar-refractivity contribution in [2.75, 3.05) is 37.4 Å². The van der Waals surface area contributed by atoms with Gasteiger partial charge in [-0.2, -0.15) is 0 Å². The molecule has 1 atom stereocenters. The van der Waals surface area contributed by atoms with Gasteiger partial charge in [0.15, 0.2) is 5.82 Å². The van der Waals surface area contributed by atoms with Crippen LogP contribution in [-0.4, -0.2) is 48.1 Å². The fourth-order valence-corrected chi connectivity index (χ4v) is 3.89. The Morgan fingerprint density at radius 2 is 1.79 bits per heavy atom. The fraction of sp³-hybridized carbons (Fsp3) is 0.333. The summed E-state index contributed by atoms with van der Waals surface area (Å²) in [6.07, 6.45) is 2.10. The number of nitrogens with zero attached hydrogens (tertiary/aromatic N) is 4. The number of hydrogen-bond acceptors (Lipinski definition) is 5. The largest absolute Gasteiger partial charge is 0.370 e. The predicted octanol–water partition coefficient (Wildman–Crippen LogP) is 4.59. The van der Waals surface area contributed by atoms with Gasteiger partial charge in [0.25, 0.3) is 0 Å². The summed E-state index contributed by atoms with van der Waals surface area (Å²) in [5, 5.41) is 3.51. The Kier molecular flexibility index (Phi) is 5.76. The second-order valence-electron chi connectivity index (χ2n) is 7.94. The Bertz CT molecular complexity index is 954. The maximum absolute atomic E-state index is 4.96. The molecule has 1 N–H and O–H groups in total. The minimum Gasteiger partial charge on any atom is -0.370 e. The lowest BCUT2D eigenvalue weighted by atomic mass is 10.1. The van der Waals surface area contributed by atoms with Crippen molar-refractivity contribution in [3.05, 3.63) is 66.2 Å². The minimum atomic E-state index is 0.368. The average Bonchev–Trinajstić information content (AvgIpc) is 3.07. The molecule has 2 aromatic carbocycles. The number of hydrogen-bond donors (Lipinski definition) is 1. The van der Waals surface area contributed by atoms with Crippen molar-refractivity contribution in [1.29, 1.82) is 0 Å². The van der Waals surface area contributed by atoms with E-state index in [2.05, 4.69) is 78.6 Å². The van der Waals surface area contributed by atoms with Gasteiger partial charge in [-0.15, -0.1) is 0 Å². The van der Waals surface area contributed by atoms with Crippen molar-refractivity contribution in [1.82, 2.24) is 14.9 Å². The zero-order valence-corrected chi connectivity index (χ0v) is 17.5. The zero-order chi connectivity index (χ0) is 20.2. The summed E-state index contributed by atoms with van der Waals surface area (Å²) in [7, 11) is 4.20. The third kappa shape index (κ3) is 4.40. The van der Waals surface area contributed by atoms with Gasteiger partial charge in [0.1, 0.15) is 11.6 Å². The molecule has 5 heteroatoms. The van der Waals surface area contributed by atoms with Crippen LogP contribution in [0.25, 0.3) is 11.4 Å². The van der Waals surface area contributed by atoms with Crippen LogP contribution in [0, 0.1) is 0 Å². The first-order valence-corrected chi connectivity index (χ1v) is 10.3. The summed E-state index contributed by atoms with van der Waals surface area (Å²) >= 11 is 0. The zero-order valence-electron chi connectivity index (χ0n) is 17.5. The first-order chi connectivity index (χ1) is 14.1. The molecule has 3 aromatic rings. The van der Waals surface area contributed by atoms with Gasteiger partial charge in [0.2, 0.25) is 0 Å². The molecule has 0 spiro atoms. The predicted molar refractivity (Wildman–Crippen MR) is 121 cm³/mol. The van der Waals surface area contributed by atoms with Gasteiger partial charge < -0.3 is 15.1 Å². The van der Waals surface area contributed by atoms with E-state index in [0.717, 1.165) is 49.0 Å². The number of benzene rings is 2. The first kappa shape index (κ1) is 19.4. The molecule has 0 bridgehead atoms. The highest BCUT2D eigenvalue weighted by Crippen LogP contribution is 2.38. The molecule has 1 aromatic heterocycles. The van der Waals surface area contributed by atoms with Crippen LogP contribution in [0.4, 0.5) is 17.3 Å². The number of nitrogens with one attached hydrogen (secondary N) is 1. The van der Waals surface area contributed by atoms with Crippen molar-refractivity contribution in [2.45, 2.75) is 25.8 Å². The second-order valence-corrected chi connectivity index (χ2v) is 7.94. The molecule has 0 saturated carbocycles. The van der Waals surface area contributed by atoms with E-state index in [0.29, 0.717) is 6.04 Å². The molecule has 5 nitrogen and oxygen atoms in total. The molecule has 150 valence electrons. The molecule has 1 unspecified atom stereocenters. The molecular formula is C24H29N5. The molecule has 2 heterocycles. The SMILES string of the molecule is CC1Cc2ccccc2N1c1cc(NCCCN(C)C)nc(-c2ccccc2)n1. The van der Waals surface area contributed by atoms with E-state index in [1.54, 1.807) is 0 Å². The van der Waals surface area contributed by atoms with Gasteiger partial charge >= 0.3 is 0 Å². The van der Waals surface area contributed by atoms with E-state index in [1.807, 2.05) is 18.2 Å². The van der Waals surface area contributed by atoms with Crippen LogP contribution in [0.1, 0.15) is 18.9 Å². The number of fused-ring (bicyclic) bond motifs is 1. The summed E-state index contributed by atoms with van der Waals surface area (Å²) in [5.74, 6) is 2.59. The highest BCUT2D eigenvalue weighted by atomic mass is 15.2. The molecule has 0 radical (unpaired) electrons. The van der Waals surface area contributed by atoms with E-state index >= 15 is 0 Å². The van der Waals surface area contributed by atoms with E-state index in [-0.39, 0.29) is 0 Å². The van der Waals surface area contributed by atoms with Gasteiger partial charge in [-0.3, -0.25) is 0 Å². The van der Waals surface area contributed by atoms with Crippen molar-refractivity contribution in [3.63, 3.8) is 0 Å². The van der Waals surface area contributed by atoms with Crippen molar-refractivity contribution < 1.29 is 0 Å².